The molecule has 0 saturated carbocycles. The summed E-state index contributed by atoms with van der Waals surface area (Å²) in [5, 5.41) is 0. The fourth-order valence-corrected chi connectivity index (χ4v) is 1.39. The average molecular weight is 186 g/mol. The lowest BCUT2D eigenvalue weighted by atomic mass is 9.97. The highest BCUT2D eigenvalue weighted by molar-refractivity contribution is 4.68. The lowest BCUT2D eigenvalue weighted by Crippen LogP contribution is -2.24. The Labute approximate surface area is 83.9 Å². The van der Waals surface area contributed by atoms with Crippen molar-refractivity contribution >= 4 is 0 Å². The van der Waals surface area contributed by atoms with Gasteiger partial charge in [-0.2, -0.15) is 0 Å². The van der Waals surface area contributed by atoms with E-state index in [-0.39, 0.29) is 5.60 Å². The van der Waals surface area contributed by atoms with Crippen molar-refractivity contribution in [2.24, 2.45) is 5.92 Å². The molecule has 0 aromatic carbocycles. The van der Waals surface area contributed by atoms with Crippen LogP contribution in [-0.2, 0) is 4.74 Å². The van der Waals surface area contributed by atoms with Crippen LogP contribution in [0.1, 0.15) is 60.3 Å². The first-order valence-electron chi connectivity index (χ1n) is 5.62. The molecule has 13 heavy (non-hydrogen) atoms. The van der Waals surface area contributed by atoms with Gasteiger partial charge in [0.2, 0.25) is 0 Å². The molecule has 0 saturated heterocycles. The number of hydrogen-bond acceptors (Lipinski definition) is 1. The number of hydrogen-bond donors (Lipinski definition) is 0. The van der Waals surface area contributed by atoms with Crippen molar-refractivity contribution in [3.05, 3.63) is 0 Å². The van der Waals surface area contributed by atoms with Crippen molar-refractivity contribution in [3.63, 3.8) is 0 Å². The molecule has 0 aromatic heterocycles. The smallest absolute Gasteiger partial charge is 0.0626 e. The summed E-state index contributed by atoms with van der Waals surface area (Å²) in [6.07, 6.45) is 4.91. The third-order valence-corrected chi connectivity index (χ3v) is 2.26. The van der Waals surface area contributed by atoms with Crippen molar-refractivity contribution < 1.29 is 4.74 Å². The van der Waals surface area contributed by atoms with E-state index in [0.29, 0.717) is 0 Å². The normalized spacial score (nSPS) is 12.5. The van der Waals surface area contributed by atoms with Crippen LogP contribution in [-0.4, -0.2) is 12.2 Å². The van der Waals surface area contributed by atoms with E-state index >= 15 is 0 Å². The molecule has 0 atom stereocenters. The zero-order valence-corrected chi connectivity index (χ0v) is 10.0. The number of rotatable bonds is 7. The van der Waals surface area contributed by atoms with Gasteiger partial charge in [-0.1, -0.05) is 33.6 Å². The van der Waals surface area contributed by atoms with Crippen LogP contribution < -0.4 is 0 Å². The highest BCUT2D eigenvalue weighted by Crippen LogP contribution is 2.19. The standard InChI is InChI=1S/C12H26O/c1-6-10-13-12(4,5)9-7-8-11(2)3/h11H,6-10H2,1-5H3. The van der Waals surface area contributed by atoms with E-state index in [1.165, 1.54) is 19.3 Å². The summed E-state index contributed by atoms with van der Waals surface area (Å²) in [4.78, 5) is 0. The van der Waals surface area contributed by atoms with Crippen LogP contribution in [0.4, 0.5) is 0 Å². The van der Waals surface area contributed by atoms with Gasteiger partial charge in [0.1, 0.15) is 0 Å². The van der Waals surface area contributed by atoms with Gasteiger partial charge in [-0.15, -0.1) is 0 Å². The van der Waals surface area contributed by atoms with Crippen molar-refractivity contribution in [2.45, 2.75) is 65.9 Å². The van der Waals surface area contributed by atoms with Crippen LogP contribution in [0.2, 0.25) is 0 Å². The predicted octanol–water partition coefficient (Wildman–Crippen LogP) is 4.02. The molecule has 0 fully saturated rings. The Hall–Kier alpha value is -0.0400. The summed E-state index contributed by atoms with van der Waals surface area (Å²) in [6.45, 7) is 12.0. The fourth-order valence-electron chi connectivity index (χ4n) is 1.39. The largest absolute Gasteiger partial charge is 0.376 e. The lowest BCUT2D eigenvalue weighted by Gasteiger charge is -2.25. The summed E-state index contributed by atoms with van der Waals surface area (Å²) in [6, 6.07) is 0. The van der Waals surface area contributed by atoms with Gasteiger partial charge >= 0.3 is 0 Å². The second-order valence-electron chi connectivity index (χ2n) is 4.89. The fraction of sp³-hybridized carbons (Fsp3) is 1.00. The second kappa shape index (κ2) is 6.42. The van der Waals surface area contributed by atoms with Crippen LogP contribution in [0, 0.1) is 5.92 Å². The monoisotopic (exact) mass is 186 g/mol. The molecular formula is C12H26O. The van der Waals surface area contributed by atoms with Gasteiger partial charge in [-0.3, -0.25) is 0 Å². The van der Waals surface area contributed by atoms with Crippen molar-refractivity contribution in [2.75, 3.05) is 6.61 Å². The first-order chi connectivity index (χ1) is 5.98. The summed E-state index contributed by atoms with van der Waals surface area (Å²) < 4.78 is 5.76. The van der Waals surface area contributed by atoms with Crippen LogP contribution in [0.15, 0.2) is 0 Å². The first-order valence-corrected chi connectivity index (χ1v) is 5.62. The molecule has 0 radical (unpaired) electrons. The Morgan fingerprint density at radius 1 is 1.23 bits per heavy atom. The van der Waals surface area contributed by atoms with E-state index in [1.807, 2.05) is 0 Å². The van der Waals surface area contributed by atoms with Gasteiger partial charge in [0.25, 0.3) is 0 Å². The maximum Gasteiger partial charge on any atom is 0.0626 e. The summed E-state index contributed by atoms with van der Waals surface area (Å²) in [7, 11) is 0. The molecule has 0 unspecified atom stereocenters. The van der Waals surface area contributed by atoms with Gasteiger partial charge in [0, 0.05) is 6.61 Å². The average Bonchev–Trinajstić information content (AvgIpc) is 2.00. The van der Waals surface area contributed by atoms with Crippen LogP contribution in [0.5, 0.6) is 0 Å². The molecule has 0 amide bonds. The SMILES string of the molecule is CCCOC(C)(C)CCCC(C)C. The highest BCUT2D eigenvalue weighted by Gasteiger charge is 2.17. The molecule has 0 spiro atoms. The highest BCUT2D eigenvalue weighted by atomic mass is 16.5. The third-order valence-electron chi connectivity index (χ3n) is 2.26. The zero-order valence-electron chi connectivity index (χ0n) is 10.0. The van der Waals surface area contributed by atoms with Gasteiger partial charge in [-0.25, -0.2) is 0 Å². The van der Waals surface area contributed by atoms with Gasteiger partial charge < -0.3 is 4.74 Å². The molecule has 0 aliphatic rings. The molecule has 0 N–H and O–H groups in total. The van der Waals surface area contributed by atoms with Crippen LogP contribution in [0.25, 0.3) is 0 Å². The van der Waals surface area contributed by atoms with E-state index in [1.54, 1.807) is 0 Å². The Bertz CT molecular complexity index is 116. The lowest BCUT2D eigenvalue weighted by molar-refractivity contribution is -0.0249. The zero-order chi connectivity index (χ0) is 10.3. The van der Waals surface area contributed by atoms with Crippen molar-refractivity contribution in [3.8, 4) is 0 Å². The summed E-state index contributed by atoms with van der Waals surface area (Å²) in [5.41, 5.74) is 0.0882. The minimum atomic E-state index is 0.0882. The Morgan fingerprint density at radius 2 is 1.85 bits per heavy atom. The van der Waals surface area contributed by atoms with Crippen molar-refractivity contribution in [1.82, 2.24) is 0 Å². The maximum absolute atomic E-state index is 5.76. The molecule has 0 heterocycles. The Morgan fingerprint density at radius 3 is 2.31 bits per heavy atom. The van der Waals surface area contributed by atoms with E-state index in [2.05, 4.69) is 34.6 Å². The maximum atomic E-state index is 5.76. The molecule has 0 aromatic rings. The molecule has 0 bridgehead atoms. The Balaban J connectivity index is 3.50. The number of ether oxygens (including phenoxy) is 1. The molecule has 80 valence electrons. The van der Waals surface area contributed by atoms with E-state index in [9.17, 15) is 0 Å². The van der Waals surface area contributed by atoms with Crippen LogP contribution >= 0.6 is 0 Å². The molecule has 0 aliphatic carbocycles. The predicted molar refractivity (Wildman–Crippen MR) is 59.0 cm³/mol. The molecule has 0 rings (SSSR count). The van der Waals surface area contributed by atoms with Gasteiger partial charge in [0.05, 0.1) is 5.60 Å². The first kappa shape index (κ1) is 13.0. The minimum absolute atomic E-state index is 0.0882. The van der Waals surface area contributed by atoms with Gasteiger partial charge in [-0.05, 0) is 32.6 Å². The second-order valence-corrected chi connectivity index (χ2v) is 4.89. The van der Waals surface area contributed by atoms with Gasteiger partial charge in [0.15, 0.2) is 0 Å². The van der Waals surface area contributed by atoms with E-state index in [4.69, 9.17) is 4.74 Å². The van der Waals surface area contributed by atoms with Crippen LogP contribution in [0.3, 0.4) is 0 Å². The Kier molecular flexibility index (Phi) is 6.40. The molecule has 1 heteroatoms. The topological polar surface area (TPSA) is 9.23 Å². The van der Waals surface area contributed by atoms with E-state index < -0.39 is 0 Å². The molecular weight excluding hydrogens is 160 g/mol. The molecule has 0 aliphatic heterocycles. The van der Waals surface area contributed by atoms with Crippen molar-refractivity contribution in [1.29, 1.82) is 0 Å². The third kappa shape index (κ3) is 8.29. The summed E-state index contributed by atoms with van der Waals surface area (Å²) >= 11 is 0. The summed E-state index contributed by atoms with van der Waals surface area (Å²) in [5.74, 6) is 0.821. The quantitative estimate of drug-likeness (QED) is 0.583. The van der Waals surface area contributed by atoms with E-state index in [0.717, 1.165) is 18.9 Å². The molecule has 1 nitrogen and oxygen atoms in total. The minimum Gasteiger partial charge on any atom is -0.376 e.